The van der Waals surface area contributed by atoms with E-state index in [-0.39, 0.29) is 4.90 Å². The number of benzene rings is 2. The third-order valence-electron chi connectivity index (χ3n) is 3.42. The molecule has 0 atom stereocenters. The van der Waals surface area contributed by atoms with E-state index in [1.54, 1.807) is 24.3 Å². The van der Waals surface area contributed by atoms with Gasteiger partial charge in [-0.25, -0.2) is 13.4 Å². The van der Waals surface area contributed by atoms with Crippen LogP contribution in [0.15, 0.2) is 58.8 Å². The molecular weight excluding hydrogens is 362 g/mol. The molecule has 25 heavy (non-hydrogen) atoms. The van der Waals surface area contributed by atoms with E-state index in [0.717, 1.165) is 11.1 Å². The number of nitrogens with one attached hydrogen (secondary N) is 1. The zero-order chi connectivity index (χ0) is 18.0. The predicted molar refractivity (Wildman–Crippen MR) is 96.2 cm³/mol. The van der Waals surface area contributed by atoms with Crippen LogP contribution in [0.5, 0.6) is 0 Å². The van der Waals surface area contributed by atoms with Crippen LogP contribution >= 0.6 is 11.3 Å². The van der Waals surface area contributed by atoms with Crippen molar-refractivity contribution in [3.63, 3.8) is 0 Å². The number of nitro groups is 1. The zero-order valence-corrected chi connectivity index (χ0v) is 14.7. The Morgan fingerprint density at radius 3 is 2.48 bits per heavy atom. The maximum atomic E-state index is 12.7. The summed E-state index contributed by atoms with van der Waals surface area (Å²) in [5.74, 6) is 0. The lowest BCUT2D eigenvalue weighted by Crippen LogP contribution is -2.15. The lowest BCUT2D eigenvalue weighted by atomic mass is 10.1. The van der Waals surface area contributed by atoms with Crippen molar-refractivity contribution < 1.29 is 13.3 Å². The molecule has 0 saturated carbocycles. The van der Waals surface area contributed by atoms with Crippen molar-refractivity contribution >= 4 is 32.7 Å². The highest BCUT2D eigenvalue weighted by atomic mass is 32.2. The standard InChI is InChI=1S/C16H13N3O4S2/c1-11-17-14(10-24-11)12-6-2-3-7-13(12)18-25(22,23)16-9-5-4-8-15(16)19(20)21/h2-10,18H,1H3. The number of aryl methyl sites for hydroxylation is 1. The number of anilines is 1. The topological polar surface area (TPSA) is 102 Å². The van der Waals surface area contributed by atoms with Gasteiger partial charge >= 0.3 is 0 Å². The van der Waals surface area contributed by atoms with E-state index in [1.807, 2.05) is 12.3 Å². The van der Waals surface area contributed by atoms with Gasteiger partial charge in [-0.15, -0.1) is 11.3 Å². The molecule has 0 fully saturated rings. The molecule has 1 N–H and O–H groups in total. The van der Waals surface area contributed by atoms with E-state index < -0.39 is 20.6 Å². The molecule has 1 aromatic heterocycles. The van der Waals surface area contributed by atoms with Crippen LogP contribution in [0.4, 0.5) is 11.4 Å². The van der Waals surface area contributed by atoms with Crippen molar-refractivity contribution in [3.05, 3.63) is 69.0 Å². The third kappa shape index (κ3) is 3.52. The molecule has 0 bridgehead atoms. The number of thiazole rings is 1. The Bertz CT molecular complexity index is 1040. The number of rotatable bonds is 5. The Morgan fingerprint density at radius 2 is 1.80 bits per heavy atom. The van der Waals surface area contributed by atoms with Crippen molar-refractivity contribution in [2.75, 3.05) is 4.72 Å². The van der Waals surface area contributed by atoms with Gasteiger partial charge in [0.1, 0.15) is 0 Å². The number of nitro benzene ring substituents is 1. The van der Waals surface area contributed by atoms with Gasteiger partial charge in [0.25, 0.3) is 15.7 Å². The van der Waals surface area contributed by atoms with Gasteiger partial charge in [0.15, 0.2) is 4.90 Å². The second kappa shape index (κ2) is 6.61. The van der Waals surface area contributed by atoms with E-state index in [4.69, 9.17) is 0 Å². The van der Waals surface area contributed by atoms with Gasteiger partial charge in [0, 0.05) is 17.0 Å². The molecule has 2 aromatic carbocycles. The summed E-state index contributed by atoms with van der Waals surface area (Å²) in [5, 5.41) is 13.8. The number of nitrogens with zero attached hydrogens (tertiary/aromatic N) is 2. The Morgan fingerprint density at radius 1 is 1.12 bits per heavy atom. The summed E-state index contributed by atoms with van der Waals surface area (Å²) in [6.45, 7) is 1.86. The van der Waals surface area contributed by atoms with E-state index in [9.17, 15) is 18.5 Å². The molecule has 9 heteroatoms. The molecule has 1 heterocycles. The van der Waals surface area contributed by atoms with Gasteiger partial charge in [0.05, 0.1) is 21.3 Å². The van der Waals surface area contributed by atoms with Gasteiger partial charge in [-0.05, 0) is 19.1 Å². The van der Waals surface area contributed by atoms with Gasteiger partial charge in [-0.2, -0.15) is 0 Å². The lowest BCUT2D eigenvalue weighted by Gasteiger charge is -2.11. The fourth-order valence-corrected chi connectivity index (χ4v) is 4.18. The molecule has 128 valence electrons. The summed E-state index contributed by atoms with van der Waals surface area (Å²) in [4.78, 5) is 14.4. The fraction of sp³-hybridized carbons (Fsp3) is 0.0625. The SMILES string of the molecule is Cc1nc(-c2ccccc2NS(=O)(=O)c2ccccc2[N+](=O)[O-])cs1. The molecule has 0 aliphatic heterocycles. The van der Waals surface area contributed by atoms with Crippen LogP contribution in [0.3, 0.4) is 0 Å². The number of aromatic nitrogens is 1. The summed E-state index contributed by atoms with van der Waals surface area (Å²) in [5.41, 5.74) is 1.08. The Hall–Kier alpha value is -2.78. The van der Waals surface area contributed by atoms with Crippen molar-refractivity contribution in [2.24, 2.45) is 0 Å². The number of para-hydroxylation sites is 2. The van der Waals surface area contributed by atoms with E-state index in [0.29, 0.717) is 16.9 Å². The third-order valence-corrected chi connectivity index (χ3v) is 5.60. The first-order valence-electron chi connectivity index (χ1n) is 7.16. The monoisotopic (exact) mass is 375 g/mol. The minimum atomic E-state index is -4.13. The van der Waals surface area contributed by atoms with Crippen molar-refractivity contribution in [2.45, 2.75) is 11.8 Å². The number of sulfonamides is 1. The van der Waals surface area contributed by atoms with Gasteiger partial charge in [-0.3, -0.25) is 14.8 Å². The predicted octanol–water partition coefficient (Wildman–Crippen LogP) is 3.83. The van der Waals surface area contributed by atoms with Crippen LogP contribution in [0.25, 0.3) is 11.3 Å². The molecule has 7 nitrogen and oxygen atoms in total. The Balaban J connectivity index is 2.05. The smallest absolute Gasteiger partial charge is 0.279 e. The molecule has 0 unspecified atom stereocenters. The highest BCUT2D eigenvalue weighted by molar-refractivity contribution is 7.92. The first-order chi connectivity index (χ1) is 11.9. The Labute approximate surface area is 148 Å². The van der Waals surface area contributed by atoms with Gasteiger partial charge in [0.2, 0.25) is 0 Å². The number of hydrogen-bond acceptors (Lipinski definition) is 6. The van der Waals surface area contributed by atoms with Crippen LogP contribution in [0.2, 0.25) is 0 Å². The maximum Gasteiger partial charge on any atom is 0.289 e. The second-order valence-corrected chi connectivity index (χ2v) is 7.84. The summed E-state index contributed by atoms with van der Waals surface area (Å²) in [6.07, 6.45) is 0. The molecule has 0 saturated heterocycles. The van der Waals surface area contributed by atoms with E-state index >= 15 is 0 Å². The fourth-order valence-electron chi connectivity index (χ4n) is 2.32. The van der Waals surface area contributed by atoms with Crippen molar-refractivity contribution in [1.29, 1.82) is 0 Å². The summed E-state index contributed by atoms with van der Waals surface area (Å²) in [7, 11) is -4.13. The molecule has 0 aliphatic carbocycles. The summed E-state index contributed by atoms with van der Waals surface area (Å²) in [6, 6.07) is 12.0. The van der Waals surface area contributed by atoms with Crippen molar-refractivity contribution in [1.82, 2.24) is 4.98 Å². The molecule has 3 rings (SSSR count). The number of hydrogen-bond donors (Lipinski definition) is 1. The van der Waals surface area contributed by atoms with Crippen molar-refractivity contribution in [3.8, 4) is 11.3 Å². The average molecular weight is 375 g/mol. The second-order valence-electron chi connectivity index (χ2n) is 5.13. The van der Waals surface area contributed by atoms with Crippen LogP contribution in [0.1, 0.15) is 5.01 Å². The molecular formula is C16H13N3O4S2. The largest absolute Gasteiger partial charge is 0.289 e. The molecule has 0 radical (unpaired) electrons. The van der Waals surface area contributed by atoms with E-state index in [1.165, 1.54) is 29.5 Å². The summed E-state index contributed by atoms with van der Waals surface area (Å²) < 4.78 is 27.8. The van der Waals surface area contributed by atoms with Gasteiger partial charge in [-0.1, -0.05) is 30.3 Å². The first-order valence-corrected chi connectivity index (χ1v) is 9.52. The zero-order valence-electron chi connectivity index (χ0n) is 13.0. The summed E-state index contributed by atoms with van der Waals surface area (Å²) >= 11 is 1.45. The van der Waals surface area contributed by atoms with E-state index in [2.05, 4.69) is 9.71 Å². The van der Waals surface area contributed by atoms with Crippen LogP contribution in [0, 0.1) is 17.0 Å². The minimum absolute atomic E-state index is 0.311. The van der Waals surface area contributed by atoms with Crippen LogP contribution in [-0.4, -0.2) is 18.3 Å². The molecule has 0 amide bonds. The maximum absolute atomic E-state index is 12.7. The first kappa shape index (κ1) is 17.1. The highest BCUT2D eigenvalue weighted by Crippen LogP contribution is 2.32. The highest BCUT2D eigenvalue weighted by Gasteiger charge is 2.26. The normalized spacial score (nSPS) is 11.2. The van der Waals surface area contributed by atoms with Gasteiger partial charge < -0.3 is 0 Å². The van der Waals surface area contributed by atoms with Crippen LogP contribution in [-0.2, 0) is 10.0 Å². The lowest BCUT2D eigenvalue weighted by molar-refractivity contribution is -0.387. The van der Waals surface area contributed by atoms with Crippen LogP contribution < -0.4 is 4.72 Å². The Kier molecular flexibility index (Phi) is 4.51. The molecule has 0 aliphatic rings. The molecule has 0 spiro atoms. The molecule has 3 aromatic rings. The quantitative estimate of drug-likeness (QED) is 0.539. The average Bonchev–Trinajstić information content (AvgIpc) is 3.01. The minimum Gasteiger partial charge on any atom is -0.279 e.